The fourth-order valence-electron chi connectivity index (χ4n) is 2.57. The van der Waals surface area contributed by atoms with Gasteiger partial charge >= 0.3 is 0 Å². The molecule has 1 aliphatic carbocycles. The summed E-state index contributed by atoms with van der Waals surface area (Å²) in [6.45, 7) is 7.45. The van der Waals surface area contributed by atoms with Gasteiger partial charge in [-0.05, 0) is 44.9 Å². The molecule has 1 unspecified atom stereocenters. The average molecular weight is 264 g/mol. The van der Waals surface area contributed by atoms with Crippen molar-refractivity contribution in [3.05, 3.63) is 29.6 Å². The second-order valence-electron chi connectivity index (χ2n) is 5.96. The van der Waals surface area contributed by atoms with E-state index in [-0.39, 0.29) is 11.9 Å². The molecule has 1 aromatic rings. The number of halogens is 1. The number of nitrogens with zero attached hydrogens (tertiary/aromatic N) is 1. The maximum absolute atomic E-state index is 14.2. The zero-order valence-corrected chi connectivity index (χ0v) is 12.4. The highest BCUT2D eigenvalue weighted by Crippen LogP contribution is 2.37. The summed E-state index contributed by atoms with van der Waals surface area (Å²) in [4.78, 5) is 2.40. The topological polar surface area (TPSA) is 15.3 Å². The second-order valence-corrected chi connectivity index (χ2v) is 5.96. The lowest BCUT2D eigenvalue weighted by Crippen LogP contribution is -2.32. The molecule has 106 valence electrons. The molecule has 0 bridgehead atoms. The molecule has 19 heavy (non-hydrogen) atoms. The molecular weight excluding hydrogens is 239 g/mol. The summed E-state index contributed by atoms with van der Waals surface area (Å²) in [6.07, 6.45) is 2.47. The van der Waals surface area contributed by atoms with Gasteiger partial charge in [-0.15, -0.1) is 0 Å². The van der Waals surface area contributed by atoms with Gasteiger partial charge in [0.05, 0.1) is 0 Å². The van der Waals surface area contributed by atoms with Crippen LogP contribution in [0.4, 0.5) is 10.1 Å². The normalized spacial score (nSPS) is 16.7. The standard InChI is InChI=1S/C16H25FN2/c1-11(2)10-19(13-8-9-13)15-7-5-6-14(17)16(15)12(3)18-4/h5-7,11-13,18H,8-10H2,1-4H3. The molecule has 1 saturated carbocycles. The zero-order chi connectivity index (χ0) is 14.0. The highest BCUT2D eigenvalue weighted by molar-refractivity contribution is 5.57. The number of rotatable bonds is 6. The maximum Gasteiger partial charge on any atom is 0.130 e. The Morgan fingerprint density at radius 1 is 1.32 bits per heavy atom. The Kier molecular flexibility index (Phi) is 4.46. The van der Waals surface area contributed by atoms with Crippen molar-refractivity contribution in [2.24, 2.45) is 5.92 Å². The van der Waals surface area contributed by atoms with Crippen LogP contribution in [0, 0.1) is 11.7 Å². The van der Waals surface area contributed by atoms with Crippen LogP contribution in [0.15, 0.2) is 18.2 Å². The van der Waals surface area contributed by atoms with E-state index in [0.717, 1.165) is 17.8 Å². The first-order chi connectivity index (χ1) is 9.04. The van der Waals surface area contributed by atoms with E-state index in [4.69, 9.17) is 0 Å². The van der Waals surface area contributed by atoms with E-state index in [0.29, 0.717) is 12.0 Å². The Labute approximate surface area is 116 Å². The molecule has 0 spiro atoms. The predicted molar refractivity (Wildman–Crippen MR) is 79.1 cm³/mol. The fourth-order valence-corrected chi connectivity index (χ4v) is 2.57. The van der Waals surface area contributed by atoms with Crippen LogP contribution in [-0.4, -0.2) is 19.6 Å². The van der Waals surface area contributed by atoms with Gasteiger partial charge in [0.1, 0.15) is 5.82 Å². The van der Waals surface area contributed by atoms with E-state index < -0.39 is 0 Å². The van der Waals surface area contributed by atoms with Gasteiger partial charge in [-0.1, -0.05) is 19.9 Å². The van der Waals surface area contributed by atoms with Crippen LogP contribution in [0.1, 0.15) is 45.2 Å². The van der Waals surface area contributed by atoms with Crippen LogP contribution >= 0.6 is 0 Å². The summed E-state index contributed by atoms with van der Waals surface area (Å²) in [6, 6.07) is 6.09. The Bertz CT molecular complexity index is 427. The van der Waals surface area contributed by atoms with Crippen LogP contribution in [0.5, 0.6) is 0 Å². The van der Waals surface area contributed by atoms with Crippen molar-refractivity contribution < 1.29 is 4.39 Å². The molecule has 2 nitrogen and oxygen atoms in total. The molecule has 0 aliphatic heterocycles. The summed E-state index contributed by atoms with van der Waals surface area (Å²) in [7, 11) is 1.88. The molecule has 0 radical (unpaired) electrons. The molecule has 0 aromatic heterocycles. The third-order valence-corrected chi connectivity index (χ3v) is 3.75. The maximum atomic E-state index is 14.2. The van der Waals surface area contributed by atoms with Crippen LogP contribution < -0.4 is 10.2 Å². The third-order valence-electron chi connectivity index (χ3n) is 3.75. The minimum atomic E-state index is -0.103. The van der Waals surface area contributed by atoms with Gasteiger partial charge in [0.15, 0.2) is 0 Å². The lowest BCUT2D eigenvalue weighted by atomic mass is 10.0. The van der Waals surface area contributed by atoms with Gasteiger partial charge in [0, 0.05) is 29.9 Å². The first-order valence-corrected chi connectivity index (χ1v) is 7.27. The fraction of sp³-hybridized carbons (Fsp3) is 0.625. The minimum Gasteiger partial charge on any atom is -0.368 e. The summed E-state index contributed by atoms with van der Waals surface area (Å²) in [5.74, 6) is 0.482. The van der Waals surface area contributed by atoms with E-state index in [1.165, 1.54) is 12.8 Å². The number of hydrogen-bond donors (Lipinski definition) is 1. The Balaban J connectivity index is 2.38. The zero-order valence-electron chi connectivity index (χ0n) is 12.4. The van der Waals surface area contributed by atoms with Gasteiger partial charge in [-0.2, -0.15) is 0 Å². The van der Waals surface area contributed by atoms with E-state index in [1.807, 2.05) is 20.0 Å². The van der Waals surface area contributed by atoms with Crippen molar-refractivity contribution >= 4 is 5.69 Å². The molecule has 2 rings (SSSR count). The predicted octanol–water partition coefficient (Wildman–Crippen LogP) is 3.73. The molecule has 1 aromatic carbocycles. The minimum absolute atomic E-state index is 0.0320. The monoisotopic (exact) mass is 264 g/mol. The van der Waals surface area contributed by atoms with Crippen molar-refractivity contribution in [1.29, 1.82) is 0 Å². The highest BCUT2D eigenvalue weighted by atomic mass is 19.1. The molecule has 1 fully saturated rings. The summed E-state index contributed by atoms with van der Waals surface area (Å²) < 4.78 is 14.2. The number of hydrogen-bond acceptors (Lipinski definition) is 2. The van der Waals surface area contributed by atoms with Gasteiger partial charge in [-0.3, -0.25) is 0 Å². The van der Waals surface area contributed by atoms with Gasteiger partial charge < -0.3 is 10.2 Å². The average Bonchev–Trinajstić information content (AvgIpc) is 3.19. The van der Waals surface area contributed by atoms with E-state index >= 15 is 0 Å². The molecule has 0 heterocycles. The van der Waals surface area contributed by atoms with Crippen molar-refractivity contribution in [3.8, 4) is 0 Å². The summed E-state index contributed by atoms with van der Waals surface area (Å²) in [5.41, 5.74) is 1.87. The molecular formula is C16H25FN2. The Morgan fingerprint density at radius 2 is 2.00 bits per heavy atom. The van der Waals surface area contributed by atoms with E-state index in [2.05, 4.69) is 30.1 Å². The molecule has 1 atom stereocenters. The number of benzene rings is 1. The first kappa shape index (κ1) is 14.3. The van der Waals surface area contributed by atoms with Gasteiger partial charge in [-0.25, -0.2) is 4.39 Å². The second kappa shape index (κ2) is 5.91. The van der Waals surface area contributed by atoms with Gasteiger partial charge in [0.2, 0.25) is 0 Å². The Hall–Kier alpha value is -1.09. The quantitative estimate of drug-likeness (QED) is 0.842. The van der Waals surface area contributed by atoms with Crippen molar-refractivity contribution in [3.63, 3.8) is 0 Å². The lowest BCUT2D eigenvalue weighted by Gasteiger charge is -2.30. The van der Waals surface area contributed by atoms with Crippen LogP contribution in [-0.2, 0) is 0 Å². The number of anilines is 1. The molecule has 0 amide bonds. The van der Waals surface area contributed by atoms with Crippen LogP contribution in [0.25, 0.3) is 0 Å². The smallest absolute Gasteiger partial charge is 0.130 e. The number of nitrogens with one attached hydrogen (secondary N) is 1. The van der Waals surface area contributed by atoms with E-state index in [1.54, 1.807) is 6.07 Å². The van der Waals surface area contributed by atoms with E-state index in [9.17, 15) is 4.39 Å². The lowest BCUT2D eigenvalue weighted by molar-refractivity contribution is 0.551. The third kappa shape index (κ3) is 3.27. The first-order valence-electron chi connectivity index (χ1n) is 7.27. The summed E-state index contributed by atoms with van der Waals surface area (Å²) in [5, 5.41) is 3.16. The molecule has 1 N–H and O–H groups in total. The summed E-state index contributed by atoms with van der Waals surface area (Å²) >= 11 is 0. The van der Waals surface area contributed by atoms with Crippen LogP contribution in [0.2, 0.25) is 0 Å². The molecule has 1 aliphatic rings. The van der Waals surface area contributed by atoms with Crippen molar-refractivity contribution in [2.45, 2.75) is 45.7 Å². The van der Waals surface area contributed by atoms with Gasteiger partial charge in [0.25, 0.3) is 0 Å². The largest absolute Gasteiger partial charge is 0.368 e. The Morgan fingerprint density at radius 3 is 2.53 bits per heavy atom. The SMILES string of the molecule is CNC(C)c1c(F)cccc1N(CC(C)C)C1CC1. The van der Waals surface area contributed by atoms with Crippen molar-refractivity contribution in [1.82, 2.24) is 5.32 Å². The van der Waals surface area contributed by atoms with Crippen molar-refractivity contribution in [2.75, 3.05) is 18.5 Å². The molecule has 0 saturated heterocycles. The van der Waals surface area contributed by atoms with Crippen LogP contribution in [0.3, 0.4) is 0 Å². The molecule has 3 heteroatoms. The highest BCUT2D eigenvalue weighted by Gasteiger charge is 2.32.